The van der Waals surface area contributed by atoms with Gasteiger partial charge in [-0.25, -0.2) is 13.1 Å². The molecule has 1 N–H and O–H groups in total. The molecular weight excluding hydrogens is 425 g/mol. The van der Waals surface area contributed by atoms with Crippen molar-refractivity contribution in [2.75, 3.05) is 0 Å². The van der Waals surface area contributed by atoms with Crippen LogP contribution in [0.15, 0.2) is 64.6 Å². The van der Waals surface area contributed by atoms with Gasteiger partial charge in [-0.05, 0) is 23.8 Å². The highest BCUT2D eigenvalue weighted by Crippen LogP contribution is 2.30. The van der Waals surface area contributed by atoms with E-state index in [1.807, 2.05) is 30.3 Å². The highest BCUT2D eigenvalue weighted by atomic mass is 32.2. The van der Waals surface area contributed by atoms with E-state index in [1.165, 1.54) is 11.8 Å². The Labute approximate surface area is 170 Å². The second-order valence-corrected chi connectivity index (χ2v) is 8.79. The lowest BCUT2D eigenvalue weighted by Gasteiger charge is -2.10. The molecule has 11 heteroatoms. The van der Waals surface area contributed by atoms with E-state index >= 15 is 0 Å². The Morgan fingerprint density at radius 1 is 1.07 bits per heavy atom. The number of hydrogen-bond acceptors (Lipinski definition) is 5. The van der Waals surface area contributed by atoms with E-state index < -0.39 is 26.7 Å². The van der Waals surface area contributed by atoms with Gasteiger partial charge in [-0.2, -0.15) is 13.2 Å². The summed E-state index contributed by atoms with van der Waals surface area (Å²) in [7, 11) is -2.45. The number of halogens is 3. The smallest absolute Gasteiger partial charge is 0.308 e. The van der Waals surface area contributed by atoms with Crippen LogP contribution in [0.1, 0.15) is 17.0 Å². The van der Waals surface area contributed by atoms with Crippen molar-refractivity contribution in [3.05, 3.63) is 71.5 Å². The maximum Gasteiger partial charge on any atom is 0.416 e. The first-order valence-corrected chi connectivity index (χ1v) is 10.9. The van der Waals surface area contributed by atoms with E-state index in [2.05, 4.69) is 14.9 Å². The van der Waals surface area contributed by atoms with Gasteiger partial charge in [0.1, 0.15) is 5.82 Å². The average Bonchev–Trinajstić information content (AvgIpc) is 3.05. The van der Waals surface area contributed by atoms with Gasteiger partial charge in [0.2, 0.25) is 10.0 Å². The second kappa shape index (κ2) is 8.56. The number of aromatic nitrogens is 3. The number of hydrogen-bond donors (Lipinski definition) is 1. The van der Waals surface area contributed by atoms with Crippen molar-refractivity contribution in [1.82, 2.24) is 19.5 Å². The van der Waals surface area contributed by atoms with Crippen LogP contribution in [0.25, 0.3) is 0 Å². The van der Waals surface area contributed by atoms with Crippen LogP contribution in [0, 0.1) is 0 Å². The van der Waals surface area contributed by atoms with Crippen LogP contribution in [0.2, 0.25) is 0 Å². The third-order valence-electron chi connectivity index (χ3n) is 4.03. The van der Waals surface area contributed by atoms with E-state index in [-0.39, 0.29) is 6.54 Å². The molecule has 0 aliphatic carbocycles. The van der Waals surface area contributed by atoms with Gasteiger partial charge in [0.25, 0.3) is 0 Å². The summed E-state index contributed by atoms with van der Waals surface area (Å²) in [6.07, 6.45) is -4.62. The van der Waals surface area contributed by atoms with Gasteiger partial charge in [-0.1, -0.05) is 48.2 Å². The van der Waals surface area contributed by atoms with Crippen LogP contribution in [0.4, 0.5) is 13.2 Å². The molecule has 1 heterocycles. The highest BCUT2D eigenvalue weighted by molar-refractivity contribution is 7.98. The predicted molar refractivity (Wildman–Crippen MR) is 102 cm³/mol. The summed E-state index contributed by atoms with van der Waals surface area (Å²) in [4.78, 5) is -0.465. The lowest BCUT2D eigenvalue weighted by atomic mass is 10.2. The van der Waals surface area contributed by atoms with E-state index in [4.69, 9.17) is 0 Å². The molecule has 29 heavy (non-hydrogen) atoms. The topological polar surface area (TPSA) is 76.9 Å². The quantitative estimate of drug-likeness (QED) is 0.566. The Kier molecular flexibility index (Phi) is 6.30. The molecular formula is C18H17F3N4O2S2. The minimum absolute atomic E-state index is 0.200. The molecule has 0 spiro atoms. The van der Waals surface area contributed by atoms with Crippen molar-refractivity contribution in [3.63, 3.8) is 0 Å². The number of sulfonamides is 1. The monoisotopic (exact) mass is 442 g/mol. The first-order chi connectivity index (χ1) is 13.7. The van der Waals surface area contributed by atoms with Crippen LogP contribution in [0.5, 0.6) is 0 Å². The highest BCUT2D eigenvalue weighted by Gasteiger charge is 2.31. The minimum Gasteiger partial charge on any atom is -0.308 e. The third kappa shape index (κ3) is 5.37. The summed E-state index contributed by atoms with van der Waals surface area (Å²) in [5, 5.41) is 8.61. The summed E-state index contributed by atoms with van der Waals surface area (Å²) in [6, 6.07) is 13.3. The lowest BCUT2D eigenvalue weighted by Crippen LogP contribution is -2.25. The van der Waals surface area contributed by atoms with Crippen molar-refractivity contribution < 1.29 is 21.6 Å². The van der Waals surface area contributed by atoms with Crippen molar-refractivity contribution >= 4 is 21.8 Å². The molecule has 0 saturated heterocycles. The minimum atomic E-state index is -4.62. The van der Waals surface area contributed by atoms with Gasteiger partial charge in [-0.15, -0.1) is 10.2 Å². The molecule has 0 fully saturated rings. The maximum absolute atomic E-state index is 12.8. The predicted octanol–water partition coefficient (Wildman–Crippen LogP) is 3.60. The van der Waals surface area contributed by atoms with Crippen LogP contribution in [-0.4, -0.2) is 23.2 Å². The van der Waals surface area contributed by atoms with E-state index in [1.54, 1.807) is 11.6 Å². The van der Waals surface area contributed by atoms with Crippen molar-refractivity contribution in [2.45, 2.75) is 28.5 Å². The molecule has 154 valence electrons. The van der Waals surface area contributed by atoms with Crippen LogP contribution in [0.3, 0.4) is 0 Å². The van der Waals surface area contributed by atoms with Crippen LogP contribution in [-0.2, 0) is 35.5 Å². The molecule has 0 aliphatic heterocycles. The summed E-state index contributed by atoms with van der Waals surface area (Å²) >= 11 is 1.44. The fraction of sp³-hybridized carbons (Fsp3) is 0.222. The van der Waals surface area contributed by atoms with Crippen molar-refractivity contribution in [2.24, 2.45) is 7.05 Å². The number of nitrogens with one attached hydrogen (secondary N) is 1. The molecule has 0 atom stereocenters. The third-order valence-corrected chi connectivity index (χ3v) is 6.52. The van der Waals surface area contributed by atoms with Gasteiger partial charge < -0.3 is 4.57 Å². The largest absolute Gasteiger partial charge is 0.416 e. The molecule has 2 aromatic carbocycles. The molecule has 3 aromatic rings. The van der Waals surface area contributed by atoms with E-state index in [0.29, 0.717) is 22.8 Å². The fourth-order valence-electron chi connectivity index (χ4n) is 2.43. The molecule has 0 amide bonds. The standard InChI is InChI=1S/C18H17F3N4O2S2/c1-25-16(23-24-17(25)28-12-13-6-3-2-4-7-13)11-22-29(26,27)15-9-5-8-14(10-15)18(19,20)21/h2-10,22H,11-12H2,1H3. The average molecular weight is 442 g/mol. The summed E-state index contributed by atoms with van der Waals surface area (Å²) < 4.78 is 67.1. The van der Waals surface area contributed by atoms with Gasteiger partial charge in [0.15, 0.2) is 5.16 Å². The molecule has 1 aromatic heterocycles. The zero-order chi connectivity index (χ0) is 21.1. The second-order valence-electron chi connectivity index (χ2n) is 6.08. The van der Waals surface area contributed by atoms with Crippen LogP contribution >= 0.6 is 11.8 Å². The molecule has 0 unspecified atom stereocenters. The number of nitrogens with zero attached hydrogens (tertiary/aromatic N) is 3. The fourth-order valence-corrected chi connectivity index (χ4v) is 4.34. The Morgan fingerprint density at radius 2 is 1.79 bits per heavy atom. The SMILES string of the molecule is Cn1c(CNS(=O)(=O)c2cccc(C(F)(F)F)c2)nnc1SCc1ccccc1. The Bertz CT molecular complexity index is 1080. The number of thioether (sulfide) groups is 1. The van der Waals surface area contributed by atoms with Crippen LogP contribution < -0.4 is 4.72 Å². The molecule has 0 saturated carbocycles. The summed E-state index contributed by atoms with van der Waals surface area (Å²) in [5.74, 6) is 1.01. The lowest BCUT2D eigenvalue weighted by molar-refractivity contribution is -0.137. The molecule has 0 bridgehead atoms. The molecule has 3 rings (SSSR count). The number of benzene rings is 2. The number of alkyl halides is 3. The first kappa shape index (κ1) is 21.3. The van der Waals surface area contributed by atoms with Crippen molar-refractivity contribution in [1.29, 1.82) is 0 Å². The Morgan fingerprint density at radius 3 is 2.48 bits per heavy atom. The van der Waals surface area contributed by atoms with Gasteiger partial charge in [-0.3, -0.25) is 0 Å². The normalized spacial score (nSPS) is 12.3. The summed E-state index contributed by atoms with van der Waals surface area (Å²) in [6.45, 7) is -0.200. The molecule has 6 nitrogen and oxygen atoms in total. The summed E-state index contributed by atoms with van der Waals surface area (Å²) in [5.41, 5.74) is 0.0749. The van der Waals surface area contributed by atoms with Crippen molar-refractivity contribution in [3.8, 4) is 0 Å². The van der Waals surface area contributed by atoms with E-state index in [9.17, 15) is 21.6 Å². The Balaban J connectivity index is 1.67. The van der Waals surface area contributed by atoms with Gasteiger partial charge >= 0.3 is 6.18 Å². The molecule has 0 aliphatic rings. The molecule has 0 radical (unpaired) electrons. The first-order valence-electron chi connectivity index (χ1n) is 8.39. The Hall–Kier alpha value is -2.37. The zero-order valence-corrected chi connectivity index (χ0v) is 16.9. The maximum atomic E-state index is 12.8. The number of rotatable bonds is 7. The van der Waals surface area contributed by atoms with E-state index in [0.717, 1.165) is 23.8 Å². The zero-order valence-electron chi connectivity index (χ0n) is 15.2. The van der Waals surface area contributed by atoms with Gasteiger partial charge in [0, 0.05) is 12.8 Å². The van der Waals surface area contributed by atoms with Gasteiger partial charge in [0.05, 0.1) is 17.0 Å².